The highest BCUT2D eigenvalue weighted by atomic mass is 15.1. The summed E-state index contributed by atoms with van der Waals surface area (Å²) in [5.74, 6) is 0. The molecule has 20 heavy (non-hydrogen) atoms. The van der Waals surface area contributed by atoms with Crippen molar-refractivity contribution in [1.82, 2.24) is 0 Å². The Morgan fingerprint density at radius 1 is 1.05 bits per heavy atom. The van der Waals surface area contributed by atoms with Gasteiger partial charge >= 0.3 is 0 Å². The second-order valence-electron chi connectivity index (χ2n) is 4.46. The number of para-hydroxylation sites is 2. The highest BCUT2D eigenvalue weighted by molar-refractivity contribution is 5.78. The lowest BCUT2D eigenvalue weighted by molar-refractivity contribution is 1.12. The molecule has 0 amide bonds. The predicted octanol–water partition coefficient (Wildman–Crippen LogP) is 1.92. The van der Waals surface area contributed by atoms with Gasteiger partial charge in [0.2, 0.25) is 0 Å². The third-order valence-electron chi connectivity index (χ3n) is 3.33. The van der Waals surface area contributed by atoms with Gasteiger partial charge in [-0.05, 0) is 24.3 Å². The van der Waals surface area contributed by atoms with E-state index in [2.05, 4.69) is 4.99 Å². The number of nitrogens with zero attached hydrogens (tertiary/aromatic N) is 4. The number of benzene rings is 2. The Bertz CT molecular complexity index is 881. The van der Waals surface area contributed by atoms with Gasteiger partial charge in [-0.3, -0.25) is 0 Å². The molecule has 1 heterocycles. The minimum absolute atomic E-state index is 0.111. The topological polar surface area (TPSA) is 63.2 Å². The van der Waals surface area contributed by atoms with Crippen LogP contribution in [0.15, 0.2) is 47.5 Å². The molecule has 2 aromatic rings. The summed E-state index contributed by atoms with van der Waals surface area (Å²) in [6, 6.07) is 17.1. The van der Waals surface area contributed by atoms with Crippen LogP contribution in [0.2, 0.25) is 0 Å². The van der Waals surface area contributed by atoms with Gasteiger partial charge in [-0.1, -0.05) is 18.2 Å². The SMILES string of the molecule is CN1c2ccccc2N=c2ccc(=C(C#N)C#N)cc21. The average molecular weight is 258 g/mol. The summed E-state index contributed by atoms with van der Waals surface area (Å²) in [4.78, 5) is 6.62. The van der Waals surface area contributed by atoms with Crippen LogP contribution >= 0.6 is 0 Å². The summed E-state index contributed by atoms with van der Waals surface area (Å²) in [6.07, 6.45) is 0. The molecule has 3 rings (SSSR count). The zero-order valence-electron chi connectivity index (χ0n) is 10.8. The van der Waals surface area contributed by atoms with Crippen molar-refractivity contribution >= 4 is 22.6 Å². The minimum atomic E-state index is 0.111. The Hall–Kier alpha value is -3.11. The van der Waals surface area contributed by atoms with Crippen molar-refractivity contribution in [2.45, 2.75) is 0 Å². The first-order valence-electron chi connectivity index (χ1n) is 6.10. The summed E-state index contributed by atoms with van der Waals surface area (Å²) >= 11 is 0. The summed E-state index contributed by atoms with van der Waals surface area (Å²) in [7, 11) is 1.95. The monoisotopic (exact) mass is 258 g/mol. The van der Waals surface area contributed by atoms with Crippen LogP contribution in [-0.4, -0.2) is 7.05 Å². The van der Waals surface area contributed by atoms with Crippen molar-refractivity contribution in [2.75, 3.05) is 11.9 Å². The summed E-state index contributed by atoms with van der Waals surface area (Å²) in [5.41, 5.74) is 2.93. The van der Waals surface area contributed by atoms with Crippen LogP contribution in [0.3, 0.4) is 0 Å². The molecule has 1 aliphatic rings. The molecule has 0 fully saturated rings. The Balaban J connectivity index is 2.34. The summed E-state index contributed by atoms with van der Waals surface area (Å²) in [6.45, 7) is 0. The largest absolute Gasteiger partial charge is 0.341 e. The fourth-order valence-corrected chi connectivity index (χ4v) is 2.30. The van der Waals surface area contributed by atoms with Crippen LogP contribution in [0.4, 0.5) is 17.1 Å². The first-order valence-corrected chi connectivity index (χ1v) is 6.10. The Morgan fingerprint density at radius 2 is 1.80 bits per heavy atom. The van der Waals surface area contributed by atoms with E-state index < -0.39 is 0 Å². The molecule has 0 radical (unpaired) electrons. The van der Waals surface area contributed by atoms with Crippen LogP contribution in [0.1, 0.15) is 0 Å². The Morgan fingerprint density at radius 3 is 2.55 bits per heavy atom. The predicted molar refractivity (Wildman–Crippen MR) is 76.0 cm³/mol. The molecule has 0 atom stereocenters. The van der Waals surface area contributed by atoms with E-state index in [1.165, 1.54) is 0 Å². The van der Waals surface area contributed by atoms with E-state index in [1.54, 1.807) is 6.07 Å². The third kappa shape index (κ3) is 1.72. The lowest BCUT2D eigenvalue weighted by Gasteiger charge is -2.24. The standard InChI is InChI=1S/C16H10N4/c1-20-15-5-3-2-4-13(15)19-14-7-6-11(8-16(14)20)12(9-17)10-18/h2-8H,1H3. The lowest BCUT2D eigenvalue weighted by Crippen LogP contribution is -2.25. The number of hydrogen-bond acceptors (Lipinski definition) is 4. The molecule has 0 N–H and O–H groups in total. The van der Waals surface area contributed by atoms with Crippen molar-refractivity contribution in [1.29, 1.82) is 10.5 Å². The average Bonchev–Trinajstić information content (AvgIpc) is 2.49. The number of nitriles is 2. The number of anilines is 2. The molecule has 0 spiro atoms. The molecule has 1 aliphatic heterocycles. The molecule has 0 aliphatic carbocycles. The molecule has 4 heteroatoms. The van der Waals surface area contributed by atoms with Gasteiger partial charge in [-0.15, -0.1) is 0 Å². The molecule has 2 aromatic carbocycles. The van der Waals surface area contributed by atoms with E-state index >= 15 is 0 Å². The first-order chi connectivity index (χ1) is 9.74. The minimum Gasteiger partial charge on any atom is -0.341 e. The normalized spacial score (nSPS) is 11.4. The number of fused-ring (bicyclic) bond motifs is 2. The summed E-state index contributed by atoms with van der Waals surface area (Å²) < 4.78 is 0. The molecule has 0 saturated carbocycles. The van der Waals surface area contributed by atoms with Gasteiger partial charge in [0.15, 0.2) is 0 Å². The second-order valence-corrected chi connectivity index (χ2v) is 4.46. The fourth-order valence-electron chi connectivity index (χ4n) is 2.30. The van der Waals surface area contributed by atoms with E-state index in [4.69, 9.17) is 10.5 Å². The van der Waals surface area contributed by atoms with Gasteiger partial charge in [-0.25, -0.2) is 4.99 Å². The van der Waals surface area contributed by atoms with E-state index in [-0.39, 0.29) is 5.57 Å². The zero-order chi connectivity index (χ0) is 14.1. The van der Waals surface area contributed by atoms with Crippen LogP contribution in [0, 0.1) is 22.7 Å². The zero-order valence-corrected chi connectivity index (χ0v) is 10.8. The van der Waals surface area contributed by atoms with Crippen LogP contribution in [0.5, 0.6) is 0 Å². The van der Waals surface area contributed by atoms with E-state index in [9.17, 15) is 0 Å². The van der Waals surface area contributed by atoms with Crippen molar-refractivity contribution in [3.05, 3.63) is 53.0 Å². The van der Waals surface area contributed by atoms with Gasteiger partial charge in [-0.2, -0.15) is 10.5 Å². The molecule has 4 nitrogen and oxygen atoms in total. The Labute approximate surface area is 116 Å². The van der Waals surface area contributed by atoms with E-state index in [0.29, 0.717) is 5.22 Å². The maximum atomic E-state index is 8.96. The number of hydrogen-bond donors (Lipinski definition) is 0. The molecule has 94 valence electrons. The first kappa shape index (κ1) is 12.0. The maximum Gasteiger partial charge on any atom is 0.136 e. The van der Waals surface area contributed by atoms with Gasteiger partial charge in [0.05, 0.1) is 22.4 Å². The third-order valence-corrected chi connectivity index (χ3v) is 3.33. The van der Waals surface area contributed by atoms with Crippen LogP contribution in [-0.2, 0) is 0 Å². The highest BCUT2D eigenvalue weighted by Crippen LogP contribution is 2.33. The van der Waals surface area contributed by atoms with E-state index in [1.807, 2.05) is 60.5 Å². The van der Waals surface area contributed by atoms with Crippen molar-refractivity contribution in [3.63, 3.8) is 0 Å². The molecule has 0 unspecified atom stereocenters. The number of rotatable bonds is 0. The van der Waals surface area contributed by atoms with Gasteiger partial charge in [0.1, 0.15) is 17.7 Å². The molecular weight excluding hydrogens is 248 g/mol. The van der Waals surface area contributed by atoms with Gasteiger partial charge in [0, 0.05) is 12.3 Å². The van der Waals surface area contributed by atoms with E-state index in [0.717, 1.165) is 22.4 Å². The quantitative estimate of drug-likeness (QED) is 0.725. The Kier molecular flexibility index (Phi) is 2.71. The smallest absolute Gasteiger partial charge is 0.136 e. The molecule has 0 aromatic heterocycles. The maximum absolute atomic E-state index is 8.96. The lowest BCUT2D eigenvalue weighted by atomic mass is 10.1. The van der Waals surface area contributed by atoms with Crippen molar-refractivity contribution < 1.29 is 0 Å². The van der Waals surface area contributed by atoms with Crippen molar-refractivity contribution in [2.24, 2.45) is 4.99 Å². The van der Waals surface area contributed by atoms with Gasteiger partial charge < -0.3 is 4.90 Å². The highest BCUT2D eigenvalue weighted by Gasteiger charge is 2.15. The van der Waals surface area contributed by atoms with Crippen LogP contribution in [0.25, 0.3) is 5.57 Å². The fraction of sp³-hybridized carbons (Fsp3) is 0.0625. The van der Waals surface area contributed by atoms with Gasteiger partial charge in [0.25, 0.3) is 0 Å². The molecule has 0 saturated heterocycles. The molecule has 0 bridgehead atoms. The molecular formula is C16H10N4. The second kappa shape index (κ2) is 4.53. The van der Waals surface area contributed by atoms with Crippen LogP contribution < -0.4 is 15.5 Å². The summed E-state index contributed by atoms with van der Waals surface area (Å²) in [5, 5.41) is 19.4. The van der Waals surface area contributed by atoms with Crippen molar-refractivity contribution in [3.8, 4) is 12.1 Å².